The van der Waals surface area contributed by atoms with Gasteiger partial charge >= 0.3 is 6.03 Å². The number of nitrogens with one attached hydrogen (secondary N) is 2. The quantitative estimate of drug-likeness (QED) is 0.463. The fourth-order valence-electron chi connectivity index (χ4n) is 3.57. The number of hydrogen-bond acceptors (Lipinski definition) is 5. The van der Waals surface area contributed by atoms with Crippen LogP contribution in [0.15, 0.2) is 58.8 Å². The number of benzene rings is 2. The zero-order valence-electron chi connectivity index (χ0n) is 18.0. The second kappa shape index (κ2) is 10.7. The lowest BCUT2D eigenvalue weighted by molar-refractivity contribution is 0.0948. The molecule has 2 heterocycles. The number of carbonyl (C=O) groups excluding carboxylic acids is 2. The molecule has 3 aromatic rings. The molecular formula is C24H26N4O2S2. The molecule has 1 saturated heterocycles. The number of carbonyl (C=O) groups is 2. The number of hydrogen-bond donors (Lipinski definition) is 2. The van der Waals surface area contributed by atoms with E-state index in [4.69, 9.17) is 0 Å². The highest BCUT2D eigenvalue weighted by atomic mass is 32.2. The molecule has 2 N–H and O–H groups in total. The van der Waals surface area contributed by atoms with E-state index in [1.165, 1.54) is 0 Å². The van der Waals surface area contributed by atoms with Crippen LogP contribution >= 0.6 is 23.1 Å². The fourth-order valence-corrected chi connectivity index (χ4v) is 5.23. The van der Waals surface area contributed by atoms with Crippen LogP contribution < -0.4 is 10.6 Å². The first kappa shape index (κ1) is 22.4. The maximum atomic E-state index is 12.9. The van der Waals surface area contributed by atoms with Crippen molar-refractivity contribution in [3.8, 4) is 0 Å². The molecule has 0 saturated carbocycles. The maximum absolute atomic E-state index is 12.9. The van der Waals surface area contributed by atoms with E-state index in [9.17, 15) is 9.59 Å². The molecule has 0 bridgehead atoms. The van der Waals surface area contributed by atoms with Crippen molar-refractivity contribution < 1.29 is 9.59 Å². The zero-order chi connectivity index (χ0) is 22.3. The van der Waals surface area contributed by atoms with E-state index in [1.807, 2.05) is 60.4 Å². The van der Waals surface area contributed by atoms with Crippen molar-refractivity contribution in [2.24, 2.45) is 0 Å². The molecule has 6 nitrogen and oxygen atoms in total. The van der Waals surface area contributed by atoms with E-state index < -0.39 is 0 Å². The van der Waals surface area contributed by atoms with E-state index in [0.717, 1.165) is 58.5 Å². The molecule has 4 rings (SSSR count). The van der Waals surface area contributed by atoms with Gasteiger partial charge in [-0.1, -0.05) is 24.3 Å². The molecule has 0 aliphatic carbocycles. The topological polar surface area (TPSA) is 74.3 Å². The second-order valence-electron chi connectivity index (χ2n) is 7.65. The maximum Gasteiger partial charge on any atom is 0.321 e. The number of thioether (sulfide) groups is 1. The number of amides is 3. The van der Waals surface area contributed by atoms with Gasteiger partial charge in [0.1, 0.15) is 0 Å². The minimum Gasteiger partial charge on any atom is -0.348 e. The van der Waals surface area contributed by atoms with Gasteiger partial charge in [-0.2, -0.15) is 0 Å². The van der Waals surface area contributed by atoms with Gasteiger partial charge < -0.3 is 15.5 Å². The number of nitrogens with zero attached hydrogens (tertiary/aromatic N) is 2. The fraction of sp³-hybridized carbons (Fsp3) is 0.292. The summed E-state index contributed by atoms with van der Waals surface area (Å²) in [6.07, 6.45) is 2.12. The van der Waals surface area contributed by atoms with Gasteiger partial charge in [0.15, 0.2) is 0 Å². The highest BCUT2D eigenvalue weighted by Crippen LogP contribution is 2.27. The number of aromatic nitrogens is 1. The van der Waals surface area contributed by atoms with E-state index >= 15 is 0 Å². The highest BCUT2D eigenvalue weighted by Gasteiger charge is 2.18. The van der Waals surface area contributed by atoms with E-state index in [-0.39, 0.29) is 11.9 Å². The minimum absolute atomic E-state index is 0.0649. The third-order valence-electron chi connectivity index (χ3n) is 5.20. The molecule has 8 heteroatoms. The second-order valence-corrected chi connectivity index (χ2v) is 9.73. The van der Waals surface area contributed by atoms with Crippen molar-refractivity contribution in [1.29, 1.82) is 0 Å². The van der Waals surface area contributed by atoms with Crippen molar-refractivity contribution >= 4 is 40.7 Å². The smallest absolute Gasteiger partial charge is 0.321 e. The van der Waals surface area contributed by atoms with Gasteiger partial charge in [0.2, 0.25) is 0 Å². The van der Waals surface area contributed by atoms with Crippen molar-refractivity contribution in [2.75, 3.05) is 18.4 Å². The van der Waals surface area contributed by atoms with Crippen LogP contribution in [-0.2, 0) is 12.3 Å². The van der Waals surface area contributed by atoms with Gasteiger partial charge in [0.05, 0.1) is 16.3 Å². The summed E-state index contributed by atoms with van der Waals surface area (Å²) in [6, 6.07) is 15.2. The van der Waals surface area contributed by atoms with E-state index in [2.05, 4.69) is 21.0 Å². The first-order valence-electron chi connectivity index (χ1n) is 10.6. The lowest BCUT2D eigenvalue weighted by Gasteiger charge is -2.16. The van der Waals surface area contributed by atoms with Gasteiger partial charge in [-0.05, 0) is 49.6 Å². The Balaban J connectivity index is 1.35. The average molecular weight is 467 g/mol. The molecular weight excluding hydrogens is 440 g/mol. The highest BCUT2D eigenvalue weighted by molar-refractivity contribution is 7.98. The Morgan fingerprint density at radius 3 is 2.72 bits per heavy atom. The number of urea groups is 1. The summed E-state index contributed by atoms with van der Waals surface area (Å²) in [7, 11) is 0. The van der Waals surface area contributed by atoms with Gasteiger partial charge in [-0.3, -0.25) is 4.79 Å². The molecule has 1 fully saturated rings. The summed E-state index contributed by atoms with van der Waals surface area (Å²) in [5.41, 5.74) is 3.35. The SMILES string of the molecule is Cc1nc(CSc2ccccc2C(=O)NCc2cccc(NC(=O)N3CCCC3)c2)cs1. The van der Waals surface area contributed by atoms with Gasteiger partial charge in [0, 0.05) is 41.4 Å². The van der Waals surface area contributed by atoms with Crippen LogP contribution in [0, 0.1) is 6.92 Å². The predicted molar refractivity (Wildman–Crippen MR) is 130 cm³/mol. The van der Waals surface area contributed by atoms with Gasteiger partial charge in [0.25, 0.3) is 5.91 Å². The van der Waals surface area contributed by atoms with Crippen LogP contribution in [0.2, 0.25) is 0 Å². The lowest BCUT2D eigenvalue weighted by atomic mass is 10.1. The van der Waals surface area contributed by atoms with Crippen LogP contribution in [0.4, 0.5) is 10.5 Å². The number of anilines is 1. The van der Waals surface area contributed by atoms with Crippen molar-refractivity contribution in [3.05, 3.63) is 75.7 Å². The van der Waals surface area contributed by atoms with E-state index in [1.54, 1.807) is 23.1 Å². The van der Waals surface area contributed by atoms with Gasteiger partial charge in [-0.15, -0.1) is 23.1 Å². The molecule has 0 radical (unpaired) electrons. The van der Waals surface area contributed by atoms with Crippen LogP contribution in [0.25, 0.3) is 0 Å². The van der Waals surface area contributed by atoms with Crippen LogP contribution in [0.1, 0.15) is 39.5 Å². The summed E-state index contributed by atoms with van der Waals surface area (Å²) in [5, 5.41) is 9.06. The molecule has 3 amide bonds. The summed E-state index contributed by atoms with van der Waals surface area (Å²) in [5.74, 6) is 0.613. The molecule has 0 unspecified atom stereocenters. The number of aryl methyl sites for hydroxylation is 1. The Morgan fingerprint density at radius 1 is 1.12 bits per heavy atom. The third-order valence-corrected chi connectivity index (χ3v) is 7.13. The first-order valence-corrected chi connectivity index (χ1v) is 12.5. The molecule has 32 heavy (non-hydrogen) atoms. The van der Waals surface area contributed by atoms with Crippen molar-refractivity contribution in [3.63, 3.8) is 0 Å². The monoisotopic (exact) mass is 466 g/mol. The minimum atomic E-state index is -0.117. The number of thiazole rings is 1. The Morgan fingerprint density at radius 2 is 1.94 bits per heavy atom. The molecule has 0 spiro atoms. The number of likely N-dealkylation sites (tertiary alicyclic amines) is 1. The Bertz CT molecular complexity index is 1090. The predicted octanol–water partition coefficient (Wildman–Crippen LogP) is 5.30. The Kier molecular flexibility index (Phi) is 7.44. The third kappa shape index (κ3) is 5.89. The average Bonchev–Trinajstić information content (AvgIpc) is 3.49. The Hall–Kier alpha value is -2.84. The van der Waals surface area contributed by atoms with Crippen molar-refractivity contribution in [1.82, 2.24) is 15.2 Å². The summed E-state index contributed by atoms with van der Waals surface area (Å²) in [4.78, 5) is 32.5. The standard InChI is InChI=1S/C24H26N4O2S2/c1-17-26-20(15-31-17)16-32-22-10-3-2-9-21(22)23(29)25-14-18-7-6-8-19(13-18)27-24(30)28-11-4-5-12-28/h2-3,6-10,13,15H,4-5,11-12,14,16H2,1H3,(H,25,29)(H,27,30). The Labute approximate surface area is 196 Å². The molecule has 2 aromatic carbocycles. The molecule has 1 aliphatic rings. The molecule has 1 aromatic heterocycles. The van der Waals surface area contributed by atoms with Crippen LogP contribution in [0.5, 0.6) is 0 Å². The normalized spacial score (nSPS) is 13.2. The first-order chi connectivity index (χ1) is 15.6. The van der Waals surface area contributed by atoms with E-state index in [0.29, 0.717) is 12.1 Å². The molecule has 166 valence electrons. The van der Waals surface area contributed by atoms with Crippen LogP contribution in [0.3, 0.4) is 0 Å². The lowest BCUT2D eigenvalue weighted by Crippen LogP contribution is -2.32. The molecule has 1 aliphatic heterocycles. The summed E-state index contributed by atoms with van der Waals surface area (Å²) in [6.45, 7) is 3.99. The molecule has 0 atom stereocenters. The largest absolute Gasteiger partial charge is 0.348 e. The number of rotatable bonds is 7. The zero-order valence-corrected chi connectivity index (χ0v) is 19.6. The summed E-state index contributed by atoms with van der Waals surface area (Å²) >= 11 is 3.25. The van der Waals surface area contributed by atoms with Crippen LogP contribution in [-0.4, -0.2) is 34.9 Å². The summed E-state index contributed by atoms with van der Waals surface area (Å²) < 4.78 is 0. The van der Waals surface area contributed by atoms with Gasteiger partial charge in [-0.25, -0.2) is 9.78 Å². The van der Waals surface area contributed by atoms with Crippen molar-refractivity contribution in [2.45, 2.75) is 37.0 Å².